The SMILES string of the molecule is Cn1cnc(S(=O)(=O)N2CCC[C@@H](c3cccc(-c4ccc(F)cc4)n3)C2)c1. The Morgan fingerprint density at radius 2 is 1.93 bits per heavy atom. The maximum atomic E-state index is 13.2. The van der Waals surface area contributed by atoms with E-state index in [1.165, 1.54) is 29.0 Å². The zero-order chi connectivity index (χ0) is 19.7. The molecule has 4 rings (SSSR count). The van der Waals surface area contributed by atoms with Gasteiger partial charge in [0.05, 0.1) is 12.0 Å². The van der Waals surface area contributed by atoms with Crippen molar-refractivity contribution < 1.29 is 12.8 Å². The topological polar surface area (TPSA) is 68.1 Å². The number of pyridine rings is 1. The highest BCUT2D eigenvalue weighted by Crippen LogP contribution is 2.30. The number of hydrogen-bond donors (Lipinski definition) is 0. The smallest absolute Gasteiger partial charge is 0.262 e. The van der Waals surface area contributed by atoms with E-state index in [9.17, 15) is 12.8 Å². The van der Waals surface area contributed by atoms with Gasteiger partial charge in [0.1, 0.15) is 5.82 Å². The Balaban J connectivity index is 1.58. The van der Waals surface area contributed by atoms with Crippen molar-refractivity contribution in [3.8, 4) is 11.3 Å². The van der Waals surface area contributed by atoms with Crippen molar-refractivity contribution in [2.24, 2.45) is 7.05 Å². The number of hydrogen-bond acceptors (Lipinski definition) is 4. The number of nitrogens with zero attached hydrogens (tertiary/aromatic N) is 4. The standard InChI is InChI=1S/C20H21FN4O2S/c1-24-13-20(22-14-24)28(26,27)25-11-3-4-16(12-25)19-6-2-5-18(23-19)15-7-9-17(21)10-8-15/h2,5-10,13-14,16H,3-4,11-12H2,1H3/t16-/m1/s1. The summed E-state index contributed by atoms with van der Waals surface area (Å²) in [4.78, 5) is 8.73. The Kier molecular flexibility index (Phi) is 4.99. The fourth-order valence-electron chi connectivity index (χ4n) is 3.52. The van der Waals surface area contributed by atoms with Gasteiger partial charge in [-0.25, -0.2) is 17.8 Å². The normalized spacial score (nSPS) is 18.3. The maximum Gasteiger partial charge on any atom is 0.262 e. The molecule has 28 heavy (non-hydrogen) atoms. The quantitative estimate of drug-likeness (QED) is 0.675. The average molecular weight is 400 g/mol. The molecule has 1 aliphatic rings. The molecule has 1 fully saturated rings. The van der Waals surface area contributed by atoms with Crippen LogP contribution in [0.15, 0.2) is 60.0 Å². The third kappa shape index (κ3) is 3.70. The predicted molar refractivity (Wildman–Crippen MR) is 104 cm³/mol. The Hall–Kier alpha value is -2.58. The molecule has 146 valence electrons. The second kappa shape index (κ2) is 7.44. The van der Waals surface area contributed by atoms with Crippen molar-refractivity contribution in [1.29, 1.82) is 0 Å². The van der Waals surface area contributed by atoms with Gasteiger partial charge in [-0.1, -0.05) is 6.07 Å². The molecule has 3 aromatic rings. The number of benzene rings is 1. The molecule has 1 saturated heterocycles. The van der Waals surface area contributed by atoms with Gasteiger partial charge < -0.3 is 4.57 Å². The summed E-state index contributed by atoms with van der Waals surface area (Å²) >= 11 is 0. The Bertz CT molecular complexity index is 1080. The van der Waals surface area contributed by atoms with Gasteiger partial charge in [0, 0.05) is 43.5 Å². The minimum Gasteiger partial charge on any atom is -0.339 e. The van der Waals surface area contributed by atoms with Crippen LogP contribution >= 0.6 is 0 Å². The van der Waals surface area contributed by atoms with Gasteiger partial charge in [0.25, 0.3) is 10.0 Å². The largest absolute Gasteiger partial charge is 0.339 e. The highest BCUT2D eigenvalue weighted by atomic mass is 32.2. The molecular formula is C20H21FN4O2S. The zero-order valence-electron chi connectivity index (χ0n) is 15.5. The number of sulfonamides is 1. The minimum atomic E-state index is -3.62. The zero-order valence-corrected chi connectivity index (χ0v) is 16.3. The number of piperidine rings is 1. The first-order valence-corrected chi connectivity index (χ1v) is 10.6. The lowest BCUT2D eigenvalue weighted by molar-refractivity contribution is 0.312. The molecule has 3 heterocycles. The molecule has 2 aromatic heterocycles. The molecule has 6 nitrogen and oxygen atoms in total. The average Bonchev–Trinajstić information content (AvgIpc) is 3.16. The first-order valence-electron chi connectivity index (χ1n) is 9.14. The van der Waals surface area contributed by atoms with Crippen LogP contribution in [0.3, 0.4) is 0 Å². The fraction of sp³-hybridized carbons (Fsp3) is 0.300. The van der Waals surface area contributed by atoms with Crippen molar-refractivity contribution in [1.82, 2.24) is 18.8 Å². The summed E-state index contributed by atoms with van der Waals surface area (Å²) in [5.41, 5.74) is 2.43. The minimum absolute atomic E-state index is 0.00707. The lowest BCUT2D eigenvalue weighted by atomic mass is 9.95. The van der Waals surface area contributed by atoms with E-state index in [1.807, 2.05) is 18.2 Å². The molecule has 1 aliphatic heterocycles. The first-order chi connectivity index (χ1) is 13.4. The van der Waals surface area contributed by atoms with Crippen LogP contribution in [0.1, 0.15) is 24.5 Å². The lowest BCUT2D eigenvalue weighted by Crippen LogP contribution is -2.39. The molecule has 0 aliphatic carbocycles. The second-order valence-electron chi connectivity index (χ2n) is 7.03. The maximum absolute atomic E-state index is 13.2. The first kappa shape index (κ1) is 18.8. The van der Waals surface area contributed by atoms with E-state index in [4.69, 9.17) is 4.98 Å². The van der Waals surface area contributed by atoms with Gasteiger partial charge in [0.15, 0.2) is 5.03 Å². The van der Waals surface area contributed by atoms with Crippen LogP contribution in [-0.2, 0) is 17.1 Å². The van der Waals surface area contributed by atoms with Gasteiger partial charge in [-0.2, -0.15) is 4.31 Å². The molecule has 0 saturated carbocycles. The molecule has 1 aromatic carbocycles. The van der Waals surface area contributed by atoms with E-state index in [2.05, 4.69) is 4.98 Å². The summed E-state index contributed by atoms with van der Waals surface area (Å²) in [6, 6.07) is 11.9. The Labute approximate surface area is 163 Å². The van der Waals surface area contributed by atoms with E-state index in [-0.39, 0.29) is 16.8 Å². The fourth-order valence-corrected chi connectivity index (χ4v) is 5.01. The Morgan fingerprint density at radius 1 is 1.14 bits per heavy atom. The van der Waals surface area contributed by atoms with Gasteiger partial charge in [-0.15, -0.1) is 0 Å². The summed E-state index contributed by atoms with van der Waals surface area (Å²) in [5.74, 6) is -0.282. The number of rotatable bonds is 4. The summed E-state index contributed by atoms with van der Waals surface area (Å²) in [5, 5.41) is 0.0728. The monoisotopic (exact) mass is 400 g/mol. The molecule has 0 spiro atoms. The molecular weight excluding hydrogens is 379 g/mol. The van der Waals surface area contributed by atoms with Gasteiger partial charge in [0.2, 0.25) is 0 Å². The number of halogens is 1. The third-order valence-electron chi connectivity index (χ3n) is 5.00. The molecule has 0 bridgehead atoms. The molecule has 0 unspecified atom stereocenters. The van der Waals surface area contributed by atoms with E-state index >= 15 is 0 Å². The van der Waals surface area contributed by atoms with Crippen LogP contribution in [0, 0.1) is 5.82 Å². The number of aromatic nitrogens is 3. The van der Waals surface area contributed by atoms with Gasteiger partial charge in [-0.3, -0.25) is 4.98 Å². The van der Waals surface area contributed by atoms with Crippen LogP contribution in [-0.4, -0.2) is 40.3 Å². The van der Waals surface area contributed by atoms with E-state index in [1.54, 1.807) is 23.7 Å². The predicted octanol–water partition coefficient (Wildman–Crippen LogP) is 3.19. The molecule has 1 atom stereocenters. The van der Waals surface area contributed by atoms with Crippen LogP contribution in [0.5, 0.6) is 0 Å². The third-order valence-corrected chi connectivity index (χ3v) is 6.75. The lowest BCUT2D eigenvalue weighted by Gasteiger charge is -2.31. The van der Waals surface area contributed by atoms with Crippen LogP contribution in [0.4, 0.5) is 4.39 Å². The number of aryl methyl sites for hydroxylation is 1. The second-order valence-corrected chi connectivity index (χ2v) is 8.92. The summed E-state index contributed by atoms with van der Waals surface area (Å²) < 4.78 is 42.1. The summed E-state index contributed by atoms with van der Waals surface area (Å²) in [6.45, 7) is 0.853. The van der Waals surface area contributed by atoms with E-state index < -0.39 is 10.0 Å². The van der Waals surface area contributed by atoms with Crippen LogP contribution in [0.25, 0.3) is 11.3 Å². The highest BCUT2D eigenvalue weighted by molar-refractivity contribution is 7.89. The van der Waals surface area contributed by atoms with Crippen molar-refractivity contribution in [3.05, 3.63) is 66.5 Å². The van der Waals surface area contributed by atoms with Gasteiger partial charge in [-0.05, 0) is 49.2 Å². The van der Waals surface area contributed by atoms with Crippen molar-refractivity contribution in [3.63, 3.8) is 0 Å². The molecule has 8 heteroatoms. The van der Waals surface area contributed by atoms with Crippen molar-refractivity contribution in [2.45, 2.75) is 23.8 Å². The van der Waals surface area contributed by atoms with Crippen molar-refractivity contribution >= 4 is 10.0 Å². The van der Waals surface area contributed by atoms with Crippen LogP contribution in [0.2, 0.25) is 0 Å². The Morgan fingerprint density at radius 3 is 2.64 bits per heavy atom. The molecule has 0 N–H and O–H groups in total. The summed E-state index contributed by atoms with van der Waals surface area (Å²) in [7, 11) is -1.87. The highest BCUT2D eigenvalue weighted by Gasteiger charge is 2.32. The molecule has 0 radical (unpaired) electrons. The van der Waals surface area contributed by atoms with E-state index in [0.717, 1.165) is 29.8 Å². The summed E-state index contributed by atoms with van der Waals surface area (Å²) in [6.07, 6.45) is 4.64. The van der Waals surface area contributed by atoms with Gasteiger partial charge >= 0.3 is 0 Å². The molecule has 0 amide bonds. The number of imidazole rings is 1. The van der Waals surface area contributed by atoms with E-state index in [0.29, 0.717) is 13.1 Å². The van der Waals surface area contributed by atoms with Crippen LogP contribution < -0.4 is 0 Å². The van der Waals surface area contributed by atoms with Crippen molar-refractivity contribution in [2.75, 3.05) is 13.1 Å².